The average Bonchev–Trinajstić information content (AvgIpc) is 2.68. The van der Waals surface area contributed by atoms with Crippen molar-refractivity contribution in [1.82, 2.24) is 0 Å². The first kappa shape index (κ1) is 49.1. The van der Waals surface area contributed by atoms with Crippen LogP contribution in [0, 0.1) is 5.41 Å². The van der Waals surface area contributed by atoms with Crippen molar-refractivity contribution in [2.75, 3.05) is 7.11 Å². The van der Waals surface area contributed by atoms with Crippen LogP contribution in [0.2, 0.25) is 0 Å². The van der Waals surface area contributed by atoms with Crippen LogP contribution in [0.15, 0.2) is 0 Å². The van der Waals surface area contributed by atoms with Gasteiger partial charge in [-0.1, -0.05) is 0 Å². The predicted molar refractivity (Wildman–Crippen MR) is 84.3 cm³/mol. The van der Waals surface area contributed by atoms with Crippen LogP contribution in [0.25, 0.3) is 0 Å². The Morgan fingerprint density at radius 3 is 0.870 bits per heavy atom. The smallest absolute Gasteiger partial charge is 0.400 e. The van der Waals surface area contributed by atoms with Gasteiger partial charge in [-0.2, -0.15) is 87.8 Å². The molecule has 2 unspecified atom stereocenters. The fraction of sp³-hybridized carbons (Fsp3) is 1.00. The Kier molecular flexibility index (Phi) is 15.2. The summed E-state index contributed by atoms with van der Waals surface area (Å²) in [4.78, 5) is 0. The molecule has 0 rings (SSSR count). The third-order valence-electron chi connectivity index (χ3n) is 4.09. The molecule has 0 bridgehead atoms. The molecule has 0 aromatic carbocycles. The van der Waals surface area contributed by atoms with Crippen LogP contribution >= 0.6 is 0 Å². The maximum atomic E-state index is 14.1. The second-order valence-corrected chi connectivity index (χ2v) is 7.46. The van der Waals surface area contributed by atoms with Gasteiger partial charge in [0.2, 0.25) is 0 Å². The third kappa shape index (κ3) is 9.88. The van der Waals surface area contributed by atoms with Crippen molar-refractivity contribution in [1.29, 1.82) is 0 Å². The molecule has 0 saturated heterocycles. The molecule has 6 nitrogen and oxygen atoms in total. The van der Waals surface area contributed by atoms with Crippen molar-refractivity contribution in [3.05, 3.63) is 0 Å². The molecule has 0 fully saturated rings. The topological polar surface area (TPSA) is 77.4 Å². The summed E-state index contributed by atoms with van der Waals surface area (Å²) in [6.45, 7) is -0.815. The fourth-order valence-electron chi connectivity index (χ4n) is 2.16. The number of hydrogen-bond acceptors (Lipinski definition) is 6. The van der Waals surface area contributed by atoms with E-state index < -0.39 is 86.1 Å². The molecule has 31 heteroatoms. The summed E-state index contributed by atoms with van der Waals surface area (Å²) in [5.41, 5.74) is -9.32. The Labute approximate surface area is 248 Å². The van der Waals surface area contributed by atoms with Gasteiger partial charge in [0.1, 0.15) is 0 Å². The van der Waals surface area contributed by atoms with E-state index in [-0.39, 0.29) is 19.5 Å². The molecule has 2 atom stereocenters. The van der Waals surface area contributed by atoms with Gasteiger partial charge >= 0.3 is 60.5 Å². The Bertz CT molecular complexity index is 880. The van der Waals surface area contributed by atoms with E-state index >= 15 is 0 Å². The minimum atomic E-state index is -9.32. The summed E-state index contributed by atoms with van der Waals surface area (Å²) in [6, 6.07) is 0. The monoisotopic (exact) mass is 845 g/mol. The SMILES string of the molecule is CC(F)(F)C(F)OC(F)(F)C(F)(F)OC(F)(F)C(C(F)(F)F)(C(F)(F)F)C(F)(F)OC(F)(F)C(F)(F)OC(F)C(O)(F)F.CO.[Rh]. The standard InChI is InChI=1S/C14H6F24O5.CH4O.Rh/c1-4(17,18)2(15)40-11(31,32)13(35,36)42-9(27,28)6(7(21,22)23,8(24,25)26)10(29,30)43-14(37,38)12(33,34)41-3(16)5(19,20)39;1-2;/h2-3,39H,1H3;2H,1H3;. The first-order valence-corrected chi connectivity index (χ1v) is 9.54. The number of ether oxygens (including phenoxy) is 4. The molecule has 1 radical (unpaired) electrons. The van der Waals surface area contributed by atoms with Crippen LogP contribution in [0.5, 0.6) is 0 Å². The zero-order valence-corrected chi connectivity index (χ0v) is 22.2. The molecule has 0 amide bonds. The van der Waals surface area contributed by atoms with Crippen LogP contribution < -0.4 is 0 Å². The average molecular weight is 845 g/mol. The summed E-state index contributed by atoms with van der Waals surface area (Å²) in [6.07, 6.45) is -84.6. The molecular weight excluding hydrogens is 835 g/mol. The van der Waals surface area contributed by atoms with Gasteiger partial charge in [-0.25, -0.2) is 27.0 Å². The second-order valence-electron chi connectivity index (χ2n) is 7.46. The molecule has 283 valence electrons. The maximum Gasteiger partial charge on any atom is 0.453 e. The molecule has 0 aliphatic carbocycles. The maximum absolute atomic E-state index is 14.1. The molecule has 2 N–H and O–H groups in total. The molecule has 46 heavy (non-hydrogen) atoms. The van der Waals surface area contributed by atoms with Gasteiger partial charge in [-0.05, 0) is 0 Å². The van der Waals surface area contributed by atoms with E-state index in [1.165, 1.54) is 0 Å². The molecule has 0 spiro atoms. The van der Waals surface area contributed by atoms with E-state index in [0.29, 0.717) is 0 Å². The molecule has 0 aliphatic heterocycles. The van der Waals surface area contributed by atoms with Crippen LogP contribution in [0.4, 0.5) is 105 Å². The van der Waals surface area contributed by atoms with Gasteiger partial charge in [0.05, 0.1) is 0 Å². The molecule has 0 aromatic rings. The van der Waals surface area contributed by atoms with Crippen molar-refractivity contribution >= 4 is 0 Å². The first-order valence-electron chi connectivity index (χ1n) is 9.54. The number of aliphatic hydroxyl groups excluding tert-OH is 1. The number of alkyl halides is 24. The normalized spacial score (nSPS) is 16.7. The fourth-order valence-corrected chi connectivity index (χ4v) is 2.16. The molecular formula is C15H10F24O6Rh. The molecule has 0 heterocycles. The van der Waals surface area contributed by atoms with E-state index in [1.54, 1.807) is 4.74 Å². The first-order chi connectivity index (χ1) is 19.2. The number of aliphatic hydroxyl groups is 2. The van der Waals surface area contributed by atoms with E-state index in [1.807, 2.05) is 4.74 Å². The van der Waals surface area contributed by atoms with Gasteiger partial charge in [-0.3, -0.25) is 9.47 Å². The van der Waals surface area contributed by atoms with Crippen molar-refractivity contribution < 1.29 is 154 Å². The van der Waals surface area contributed by atoms with Crippen LogP contribution in [0.3, 0.4) is 0 Å². The predicted octanol–water partition coefficient (Wildman–Crippen LogP) is 7.16. The van der Waals surface area contributed by atoms with E-state index in [2.05, 4.69) is 0 Å². The van der Waals surface area contributed by atoms with Crippen molar-refractivity contribution in [2.45, 2.75) is 80.7 Å². The van der Waals surface area contributed by atoms with Gasteiger partial charge in [0.15, 0.2) is 0 Å². The van der Waals surface area contributed by atoms with E-state index in [9.17, 15) is 105 Å². The van der Waals surface area contributed by atoms with Gasteiger partial charge in [0.25, 0.3) is 18.6 Å². The molecule has 0 saturated carbocycles. The quantitative estimate of drug-likeness (QED) is 0.143. The van der Waals surface area contributed by atoms with Gasteiger partial charge in [0, 0.05) is 33.5 Å². The third-order valence-corrected chi connectivity index (χ3v) is 4.09. The molecule has 0 aromatic heterocycles. The number of hydrogen-bond donors (Lipinski definition) is 2. The Balaban J connectivity index is -0.00000603. The summed E-state index contributed by atoms with van der Waals surface area (Å²) < 4.78 is 323. The molecule has 0 aliphatic rings. The van der Waals surface area contributed by atoms with Crippen LogP contribution in [0.1, 0.15) is 6.92 Å². The zero-order valence-electron chi connectivity index (χ0n) is 20.6. The second kappa shape index (κ2) is 14.3. The van der Waals surface area contributed by atoms with Gasteiger partial charge in [-0.15, -0.1) is 0 Å². The summed E-state index contributed by atoms with van der Waals surface area (Å²) in [5.74, 6) is -5.37. The summed E-state index contributed by atoms with van der Waals surface area (Å²) in [5, 5.41) is 14.6. The van der Waals surface area contributed by atoms with Gasteiger partial charge < -0.3 is 10.2 Å². The number of rotatable bonds is 14. The van der Waals surface area contributed by atoms with E-state index in [4.69, 9.17) is 10.2 Å². The van der Waals surface area contributed by atoms with Crippen LogP contribution in [-0.4, -0.2) is 91.1 Å². The Hall–Kier alpha value is -1.30. The summed E-state index contributed by atoms with van der Waals surface area (Å²) in [7, 11) is 1.00. The van der Waals surface area contributed by atoms with Crippen molar-refractivity contribution in [3.8, 4) is 0 Å². The minimum Gasteiger partial charge on any atom is -0.400 e. The van der Waals surface area contributed by atoms with Crippen molar-refractivity contribution in [2.24, 2.45) is 5.41 Å². The van der Waals surface area contributed by atoms with Crippen LogP contribution in [-0.2, 0) is 38.4 Å². The van der Waals surface area contributed by atoms with Crippen molar-refractivity contribution in [3.63, 3.8) is 0 Å². The van der Waals surface area contributed by atoms with E-state index in [0.717, 1.165) is 16.6 Å². The Morgan fingerprint density at radius 2 is 0.674 bits per heavy atom. The largest absolute Gasteiger partial charge is 0.453 e. The minimum absolute atomic E-state index is 0. The zero-order chi connectivity index (χ0) is 37.5. The number of halogens is 24. The summed E-state index contributed by atoms with van der Waals surface area (Å²) >= 11 is 0. The Morgan fingerprint density at radius 1 is 0.435 bits per heavy atom.